The first kappa shape index (κ1) is 18.7. The first-order valence-electron chi connectivity index (χ1n) is 8.09. The lowest BCUT2D eigenvalue weighted by molar-refractivity contribution is -0.111. The number of rotatable bonds is 4. The Morgan fingerprint density at radius 3 is 2.65 bits per heavy atom. The minimum absolute atomic E-state index is 0.381. The van der Waals surface area contributed by atoms with Crippen molar-refractivity contribution in [1.82, 2.24) is 0 Å². The number of hydrogen-bond donors (Lipinski definition) is 1. The van der Waals surface area contributed by atoms with Gasteiger partial charge in [0.15, 0.2) is 0 Å². The minimum atomic E-state index is -0.389. The fourth-order valence-corrected chi connectivity index (χ4v) is 3.00. The quantitative estimate of drug-likeness (QED) is 0.769. The number of nitrogens with zero attached hydrogens (tertiary/aromatic N) is 1. The summed E-state index contributed by atoms with van der Waals surface area (Å²) in [6.45, 7) is 2.45. The SMILES string of the molecule is O=C(/C=C/c1cc(Cl)ccc1Cl)Nc1ccc(N2CCOCC2)c(F)c1. The third kappa shape index (κ3) is 4.75. The number of hydrogen-bond acceptors (Lipinski definition) is 3. The highest BCUT2D eigenvalue weighted by molar-refractivity contribution is 6.34. The van der Waals surface area contributed by atoms with E-state index in [2.05, 4.69) is 5.32 Å². The lowest BCUT2D eigenvalue weighted by atomic mass is 10.2. The van der Waals surface area contributed by atoms with Gasteiger partial charge in [0.2, 0.25) is 5.91 Å². The van der Waals surface area contributed by atoms with E-state index in [9.17, 15) is 9.18 Å². The molecule has 0 aliphatic carbocycles. The van der Waals surface area contributed by atoms with E-state index < -0.39 is 0 Å². The van der Waals surface area contributed by atoms with Crippen molar-refractivity contribution in [3.05, 3.63) is 63.9 Å². The van der Waals surface area contributed by atoms with Crippen LogP contribution < -0.4 is 10.2 Å². The molecule has 0 saturated carbocycles. The number of morpholine rings is 1. The van der Waals surface area contributed by atoms with Gasteiger partial charge in [-0.05, 0) is 48.0 Å². The average molecular weight is 395 g/mol. The van der Waals surface area contributed by atoms with Crippen LogP contribution in [0.3, 0.4) is 0 Å². The molecule has 0 atom stereocenters. The molecular formula is C19H17Cl2FN2O2. The third-order valence-electron chi connectivity index (χ3n) is 3.94. The molecule has 2 aromatic rings. The van der Waals surface area contributed by atoms with Crippen LogP contribution in [0.2, 0.25) is 10.0 Å². The highest BCUT2D eigenvalue weighted by Crippen LogP contribution is 2.24. The van der Waals surface area contributed by atoms with Gasteiger partial charge in [-0.15, -0.1) is 0 Å². The van der Waals surface area contributed by atoms with E-state index in [-0.39, 0.29) is 11.7 Å². The van der Waals surface area contributed by atoms with Crippen LogP contribution in [0.15, 0.2) is 42.5 Å². The molecule has 1 saturated heterocycles. The van der Waals surface area contributed by atoms with E-state index in [4.69, 9.17) is 27.9 Å². The fourth-order valence-electron chi connectivity index (χ4n) is 2.64. The zero-order valence-electron chi connectivity index (χ0n) is 13.8. The maximum absolute atomic E-state index is 14.3. The van der Waals surface area contributed by atoms with Crippen molar-refractivity contribution in [1.29, 1.82) is 0 Å². The number of amides is 1. The highest BCUT2D eigenvalue weighted by atomic mass is 35.5. The Morgan fingerprint density at radius 2 is 1.92 bits per heavy atom. The van der Waals surface area contributed by atoms with Crippen LogP contribution in [-0.4, -0.2) is 32.2 Å². The molecule has 1 fully saturated rings. The van der Waals surface area contributed by atoms with Crippen LogP contribution in [-0.2, 0) is 9.53 Å². The summed E-state index contributed by atoms with van der Waals surface area (Å²) in [6, 6.07) is 9.62. The zero-order chi connectivity index (χ0) is 18.5. The molecule has 0 unspecified atom stereocenters. The molecule has 0 bridgehead atoms. The van der Waals surface area contributed by atoms with Crippen LogP contribution in [0.1, 0.15) is 5.56 Å². The number of halogens is 3. The first-order chi connectivity index (χ1) is 12.5. The topological polar surface area (TPSA) is 41.6 Å². The standard InChI is InChI=1S/C19H17Cl2FN2O2/c20-14-2-4-16(21)13(11-14)1-6-19(25)23-15-3-5-18(17(22)12-15)24-7-9-26-10-8-24/h1-6,11-12H,7-10H2,(H,23,25)/b6-1+. The molecule has 1 aliphatic rings. The number of carbonyl (C=O) groups excluding carboxylic acids is 1. The van der Waals surface area contributed by atoms with E-state index >= 15 is 0 Å². The molecule has 0 spiro atoms. The van der Waals surface area contributed by atoms with E-state index in [1.165, 1.54) is 12.1 Å². The van der Waals surface area contributed by atoms with Crippen LogP contribution in [0.5, 0.6) is 0 Å². The van der Waals surface area contributed by atoms with Crippen molar-refractivity contribution < 1.29 is 13.9 Å². The predicted octanol–water partition coefficient (Wildman–Crippen LogP) is 4.62. The molecular weight excluding hydrogens is 378 g/mol. The second-order valence-corrected chi connectivity index (χ2v) is 6.60. The zero-order valence-corrected chi connectivity index (χ0v) is 15.4. The Hall–Kier alpha value is -2.08. The number of benzene rings is 2. The van der Waals surface area contributed by atoms with Crippen molar-refractivity contribution in [2.45, 2.75) is 0 Å². The van der Waals surface area contributed by atoms with E-state index in [0.717, 1.165) is 0 Å². The minimum Gasteiger partial charge on any atom is -0.378 e. The van der Waals surface area contributed by atoms with E-state index in [1.54, 1.807) is 36.4 Å². The van der Waals surface area contributed by atoms with Crippen LogP contribution in [0.25, 0.3) is 6.08 Å². The highest BCUT2D eigenvalue weighted by Gasteiger charge is 2.15. The average Bonchev–Trinajstić information content (AvgIpc) is 2.63. The first-order valence-corrected chi connectivity index (χ1v) is 8.85. The van der Waals surface area contributed by atoms with Gasteiger partial charge in [-0.25, -0.2) is 4.39 Å². The monoisotopic (exact) mass is 394 g/mol. The lowest BCUT2D eigenvalue weighted by Crippen LogP contribution is -2.36. The van der Waals surface area contributed by atoms with Crippen molar-refractivity contribution in [3.63, 3.8) is 0 Å². The van der Waals surface area contributed by atoms with E-state index in [0.29, 0.717) is 53.3 Å². The summed E-state index contributed by atoms with van der Waals surface area (Å²) in [6.07, 6.45) is 2.88. The Morgan fingerprint density at radius 1 is 1.15 bits per heavy atom. The van der Waals surface area contributed by atoms with Crippen LogP contribution in [0, 0.1) is 5.82 Å². The maximum atomic E-state index is 14.3. The number of carbonyl (C=O) groups is 1. The van der Waals surface area contributed by atoms with Gasteiger partial charge in [-0.3, -0.25) is 4.79 Å². The summed E-state index contributed by atoms with van der Waals surface area (Å²) in [7, 11) is 0. The van der Waals surface area contributed by atoms with Crippen molar-refractivity contribution >= 4 is 46.6 Å². The maximum Gasteiger partial charge on any atom is 0.248 e. The molecule has 1 amide bonds. The third-order valence-corrected chi connectivity index (χ3v) is 4.52. The van der Waals surface area contributed by atoms with Crippen LogP contribution in [0.4, 0.5) is 15.8 Å². The van der Waals surface area contributed by atoms with Crippen molar-refractivity contribution in [2.75, 3.05) is 36.5 Å². The molecule has 1 heterocycles. The molecule has 1 aliphatic heterocycles. The van der Waals surface area contributed by atoms with Crippen LogP contribution >= 0.6 is 23.2 Å². The van der Waals surface area contributed by atoms with Gasteiger partial charge in [0.1, 0.15) is 5.82 Å². The molecule has 0 aromatic heterocycles. The molecule has 136 valence electrons. The van der Waals surface area contributed by atoms with Gasteiger partial charge < -0.3 is 15.0 Å². The smallest absolute Gasteiger partial charge is 0.248 e. The summed E-state index contributed by atoms with van der Waals surface area (Å²) in [5.41, 5.74) is 1.52. The molecule has 1 N–H and O–H groups in total. The largest absolute Gasteiger partial charge is 0.378 e. The van der Waals surface area contributed by atoms with Gasteiger partial charge >= 0.3 is 0 Å². The number of ether oxygens (including phenoxy) is 1. The summed E-state index contributed by atoms with van der Waals surface area (Å²) >= 11 is 12.0. The molecule has 0 radical (unpaired) electrons. The predicted molar refractivity (Wildman–Crippen MR) is 104 cm³/mol. The normalized spacial score (nSPS) is 14.7. The summed E-state index contributed by atoms with van der Waals surface area (Å²) in [5.74, 6) is -0.772. The molecule has 26 heavy (non-hydrogen) atoms. The number of nitrogens with one attached hydrogen (secondary N) is 1. The summed E-state index contributed by atoms with van der Waals surface area (Å²) in [5, 5.41) is 3.64. The molecule has 7 heteroatoms. The van der Waals surface area contributed by atoms with Gasteiger partial charge in [0, 0.05) is 34.9 Å². The van der Waals surface area contributed by atoms with Gasteiger partial charge in [0.25, 0.3) is 0 Å². The molecule has 4 nitrogen and oxygen atoms in total. The lowest BCUT2D eigenvalue weighted by Gasteiger charge is -2.29. The van der Waals surface area contributed by atoms with E-state index in [1.807, 2.05) is 4.90 Å². The molecule has 2 aromatic carbocycles. The Kier molecular flexibility index (Phi) is 6.14. The van der Waals surface area contributed by atoms with Crippen molar-refractivity contribution in [3.8, 4) is 0 Å². The second kappa shape index (κ2) is 8.54. The number of anilines is 2. The summed E-state index contributed by atoms with van der Waals surface area (Å²) < 4.78 is 19.6. The fraction of sp³-hybridized carbons (Fsp3) is 0.211. The Balaban J connectivity index is 1.66. The Labute approximate surface area is 161 Å². The Bertz CT molecular complexity index is 836. The summed E-state index contributed by atoms with van der Waals surface area (Å²) in [4.78, 5) is 14.0. The second-order valence-electron chi connectivity index (χ2n) is 5.75. The van der Waals surface area contributed by atoms with Gasteiger partial charge in [-0.1, -0.05) is 23.2 Å². The van der Waals surface area contributed by atoms with Gasteiger partial charge in [0.05, 0.1) is 18.9 Å². The van der Waals surface area contributed by atoms with Gasteiger partial charge in [-0.2, -0.15) is 0 Å². The van der Waals surface area contributed by atoms with Crippen molar-refractivity contribution in [2.24, 2.45) is 0 Å². The molecule has 3 rings (SSSR count).